The van der Waals surface area contributed by atoms with Crippen LogP contribution in [0.5, 0.6) is 0 Å². The molecule has 1 rings (SSSR count). The summed E-state index contributed by atoms with van der Waals surface area (Å²) in [5.41, 5.74) is 2.95. The van der Waals surface area contributed by atoms with Crippen molar-refractivity contribution in [2.75, 3.05) is 20.8 Å². The predicted molar refractivity (Wildman–Crippen MR) is 23.5 cm³/mol. The first-order valence-electron chi connectivity index (χ1n) is 2.00. The molecule has 0 amide bonds. The minimum atomic E-state index is 1.05. The SMILES string of the molecule is CNN1CN1C. The fourth-order valence-corrected chi connectivity index (χ4v) is 0.407. The topological polar surface area (TPSA) is 18.0 Å². The maximum atomic E-state index is 2.95. The van der Waals surface area contributed by atoms with Crippen LogP contribution in [0.3, 0.4) is 0 Å². The average molecular weight is 87.1 g/mol. The quantitative estimate of drug-likeness (QED) is 0.424. The first-order valence-corrected chi connectivity index (χ1v) is 2.00. The second-order valence-corrected chi connectivity index (χ2v) is 1.42. The summed E-state index contributed by atoms with van der Waals surface area (Å²) in [6, 6.07) is 0. The van der Waals surface area contributed by atoms with Gasteiger partial charge in [-0.3, -0.25) is 0 Å². The number of hydrazine groups is 2. The van der Waals surface area contributed by atoms with E-state index in [1.54, 1.807) is 0 Å². The molecular formula is C3H9N3. The molecule has 0 saturated carbocycles. The van der Waals surface area contributed by atoms with Crippen molar-refractivity contribution in [3.05, 3.63) is 0 Å². The number of nitrogens with zero attached hydrogens (tertiary/aromatic N) is 2. The van der Waals surface area contributed by atoms with Gasteiger partial charge in [-0.1, -0.05) is 0 Å². The van der Waals surface area contributed by atoms with E-state index in [-0.39, 0.29) is 0 Å². The minimum Gasteiger partial charge on any atom is -0.243 e. The largest absolute Gasteiger partial charge is 0.243 e. The van der Waals surface area contributed by atoms with E-state index in [2.05, 4.69) is 10.4 Å². The van der Waals surface area contributed by atoms with Gasteiger partial charge in [-0.2, -0.15) is 5.12 Å². The van der Waals surface area contributed by atoms with Gasteiger partial charge in [-0.15, -0.1) is 0 Å². The van der Waals surface area contributed by atoms with Crippen LogP contribution in [0, 0.1) is 0 Å². The number of nitrogens with one attached hydrogen (secondary N) is 1. The van der Waals surface area contributed by atoms with Gasteiger partial charge in [0.05, 0.1) is 6.67 Å². The van der Waals surface area contributed by atoms with Crippen molar-refractivity contribution in [2.24, 2.45) is 0 Å². The molecule has 0 aromatic carbocycles. The van der Waals surface area contributed by atoms with Crippen LogP contribution in [0.15, 0.2) is 0 Å². The van der Waals surface area contributed by atoms with Gasteiger partial charge in [0.2, 0.25) is 0 Å². The number of hydrogen-bond donors (Lipinski definition) is 1. The summed E-state index contributed by atoms with van der Waals surface area (Å²) >= 11 is 0. The normalized spacial score (nSPS) is 43.0. The first kappa shape index (κ1) is 4.05. The molecule has 3 heteroatoms. The second-order valence-electron chi connectivity index (χ2n) is 1.42. The fourth-order valence-electron chi connectivity index (χ4n) is 0.407. The van der Waals surface area contributed by atoms with Gasteiger partial charge in [0.25, 0.3) is 0 Å². The molecule has 0 bridgehead atoms. The van der Waals surface area contributed by atoms with Crippen molar-refractivity contribution < 1.29 is 0 Å². The Hall–Kier alpha value is -0.120. The first-order chi connectivity index (χ1) is 2.84. The molecule has 36 valence electrons. The maximum absolute atomic E-state index is 2.95. The van der Waals surface area contributed by atoms with Crippen LogP contribution >= 0.6 is 0 Å². The molecular weight excluding hydrogens is 78.1 g/mol. The molecule has 0 aromatic rings. The smallest absolute Gasteiger partial charge is 0.0953 e. The van der Waals surface area contributed by atoms with E-state index in [1.165, 1.54) is 0 Å². The third kappa shape index (κ3) is 0.518. The molecule has 2 atom stereocenters. The van der Waals surface area contributed by atoms with Gasteiger partial charge in [-0.25, -0.2) is 10.4 Å². The molecule has 1 aliphatic heterocycles. The zero-order valence-electron chi connectivity index (χ0n) is 4.10. The molecule has 6 heavy (non-hydrogen) atoms. The van der Waals surface area contributed by atoms with Crippen molar-refractivity contribution in [3.8, 4) is 0 Å². The van der Waals surface area contributed by atoms with E-state index in [0.29, 0.717) is 0 Å². The van der Waals surface area contributed by atoms with Crippen LogP contribution in [-0.2, 0) is 0 Å². The van der Waals surface area contributed by atoms with Crippen LogP contribution in [-0.4, -0.2) is 30.9 Å². The van der Waals surface area contributed by atoms with E-state index in [1.807, 2.05) is 19.2 Å². The van der Waals surface area contributed by atoms with Crippen LogP contribution in [0.1, 0.15) is 0 Å². The summed E-state index contributed by atoms with van der Waals surface area (Å²) in [6.45, 7) is 1.05. The standard InChI is InChI=1S/C3H9N3/c1-4-6-3-5(6)2/h4H,3H2,1-2H3. The number of rotatable bonds is 1. The molecule has 0 aliphatic carbocycles. The summed E-state index contributed by atoms with van der Waals surface area (Å²) in [5.74, 6) is 0. The Morgan fingerprint density at radius 2 is 2.17 bits per heavy atom. The third-order valence-electron chi connectivity index (χ3n) is 0.924. The van der Waals surface area contributed by atoms with Crippen molar-refractivity contribution in [1.82, 2.24) is 15.6 Å². The molecule has 1 fully saturated rings. The Morgan fingerprint density at radius 3 is 2.17 bits per heavy atom. The molecule has 2 unspecified atom stereocenters. The van der Waals surface area contributed by atoms with Crippen molar-refractivity contribution >= 4 is 0 Å². The Kier molecular flexibility index (Phi) is 0.799. The fraction of sp³-hybridized carbons (Fsp3) is 1.00. The molecule has 1 N–H and O–H groups in total. The summed E-state index contributed by atoms with van der Waals surface area (Å²) in [5, 5.41) is 4.07. The lowest BCUT2D eigenvalue weighted by atomic mass is 11.3. The molecule has 0 radical (unpaired) electrons. The van der Waals surface area contributed by atoms with E-state index >= 15 is 0 Å². The van der Waals surface area contributed by atoms with Crippen LogP contribution in [0.2, 0.25) is 0 Å². The summed E-state index contributed by atoms with van der Waals surface area (Å²) in [4.78, 5) is 0. The Bertz CT molecular complexity index is 52.0. The highest BCUT2D eigenvalue weighted by Gasteiger charge is 2.23. The Balaban J connectivity index is 2.09. The lowest BCUT2D eigenvalue weighted by molar-refractivity contribution is 0.285. The Morgan fingerprint density at radius 1 is 1.67 bits per heavy atom. The lowest BCUT2D eigenvalue weighted by Gasteiger charge is -1.91. The minimum absolute atomic E-state index is 1.05. The van der Waals surface area contributed by atoms with Crippen molar-refractivity contribution in [1.29, 1.82) is 0 Å². The number of hydrogen-bond acceptors (Lipinski definition) is 3. The molecule has 1 aliphatic rings. The van der Waals surface area contributed by atoms with E-state index in [4.69, 9.17) is 0 Å². The maximum Gasteiger partial charge on any atom is 0.0953 e. The van der Waals surface area contributed by atoms with Crippen LogP contribution in [0.25, 0.3) is 0 Å². The molecule has 3 nitrogen and oxygen atoms in total. The molecule has 1 heterocycles. The van der Waals surface area contributed by atoms with E-state index in [0.717, 1.165) is 6.67 Å². The van der Waals surface area contributed by atoms with Gasteiger partial charge < -0.3 is 0 Å². The van der Waals surface area contributed by atoms with Gasteiger partial charge in [0, 0.05) is 14.1 Å². The third-order valence-corrected chi connectivity index (χ3v) is 0.924. The predicted octanol–water partition coefficient (Wildman–Crippen LogP) is -0.759. The van der Waals surface area contributed by atoms with Gasteiger partial charge >= 0.3 is 0 Å². The molecule has 1 saturated heterocycles. The van der Waals surface area contributed by atoms with Gasteiger partial charge in [-0.05, 0) is 0 Å². The lowest BCUT2D eigenvalue weighted by Crippen LogP contribution is -2.17. The highest BCUT2D eigenvalue weighted by Crippen LogP contribution is 2.02. The zero-order chi connectivity index (χ0) is 4.57. The highest BCUT2D eigenvalue weighted by atomic mass is 16.0. The van der Waals surface area contributed by atoms with Crippen molar-refractivity contribution in [2.45, 2.75) is 0 Å². The summed E-state index contributed by atoms with van der Waals surface area (Å²) in [6.07, 6.45) is 0. The van der Waals surface area contributed by atoms with Gasteiger partial charge in [0.1, 0.15) is 0 Å². The Labute approximate surface area is 37.5 Å². The van der Waals surface area contributed by atoms with E-state index in [9.17, 15) is 0 Å². The molecule has 0 aromatic heterocycles. The summed E-state index contributed by atoms with van der Waals surface area (Å²) in [7, 11) is 3.93. The average Bonchev–Trinajstić information content (AvgIpc) is 2.19. The second kappa shape index (κ2) is 1.18. The monoisotopic (exact) mass is 87.1 g/mol. The van der Waals surface area contributed by atoms with E-state index < -0.39 is 0 Å². The van der Waals surface area contributed by atoms with Crippen LogP contribution < -0.4 is 5.43 Å². The van der Waals surface area contributed by atoms with Gasteiger partial charge in [0.15, 0.2) is 0 Å². The highest BCUT2D eigenvalue weighted by molar-refractivity contribution is 4.53. The van der Waals surface area contributed by atoms with Crippen molar-refractivity contribution in [3.63, 3.8) is 0 Å². The summed E-state index contributed by atoms with van der Waals surface area (Å²) < 4.78 is 0. The zero-order valence-corrected chi connectivity index (χ0v) is 4.10. The van der Waals surface area contributed by atoms with Crippen LogP contribution in [0.4, 0.5) is 0 Å². The molecule has 0 spiro atoms.